The summed E-state index contributed by atoms with van der Waals surface area (Å²) >= 11 is 0. The van der Waals surface area contributed by atoms with Gasteiger partial charge in [-0.15, -0.1) is 0 Å². The Labute approximate surface area is 108 Å². The number of nitrogens with one attached hydrogen (secondary N) is 2. The first-order valence-corrected chi connectivity index (χ1v) is 5.60. The normalized spacial score (nSPS) is 11.8. The van der Waals surface area contributed by atoms with Crippen LogP contribution in [0.3, 0.4) is 0 Å². The van der Waals surface area contributed by atoms with E-state index in [1.807, 2.05) is 18.2 Å². The molecule has 1 heterocycles. The summed E-state index contributed by atoms with van der Waals surface area (Å²) in [6.45, 7) is 0. The lowest BCUT2D eigenvalue weighted by atomic mass is 10.1. The zero-order valence-electron chi connectivity index (χ0n) is 9.91. The Morgan fingerprint density at radius 3 is 2.63 bits per heavy atom. The summed E-state index contributed by atoms with van der Waals surface area (Å²) in [5.74, 6) is -1.67. The summed E-state index contributed by atoms with van der Waals surface area (Å²) in [6.07, 6.45) is 1.44. The van der Waals surface area contributed by atoms with Crippen molar-refractivity contribution in [3.8, 4) is 0 Å². The second-order valence-corrected chi connectivity index (χ2v) is 3.91. The number of hydrogen-bond acceptors (Lipinski definition) is 4. The van der Waals surface area contributed by atoms with Crippen LogP contribution in [0.25, 0.3) is 0 Å². The van der Waals surface area contributed by atoms with Gasteiger partial charge in [0.05, 0.1) is 6.20 Å². The van der Waals surface area contributed by atoms with Gasteiger partial charge in [-0.1, -0.05) is 30.3 Å². The second-order valence-electron chi connectivity index (χ2n) is 3.91. The van der Waals surface area contributed by atoms with Gasteiger partial charge in [0, 0.05) is 6.42 Å². The number of carbonyl (C=O) groups is 2. The van der Waals surface area contributed by atoms with Crippen LogP contribution in [-0.2, 0) is 11.2 Å². The SMILES string of the molecule is O=C(N[C@H](Cc1ccccc1)C(=O)O)c1cn[nH]n1. The molecule has 98 valence electrons. The maximum atomic E-state index is 11.7. The smallest absolute Gasteiger partial charge is 0.326 e. The number of H-pyrrole nitrogens is 1. The summed E-state index contributed by atoms with van der Waals surface area (Å²) in [6, 6.07) is 8.07. The number of amides is 1. The first-order valence-electron chi connectivity index (χ1n) is 5.60. The van der Waals surface area contributed by atoms with Crippen molar-refractivity contribution in [2.45, 2.75) is 12.5 Å². The van der Waals surface area contributed by atoms with Gasteiger partial charge in [-0.3, -0.25) is 4.79 Å². The number of carbonyl (C=O) groups excluding carboxylic acids is 1. The van der Waals surface area contributed by atoms with Crippen LogP contribution in [0.4, 0.5) is 0 Å². The molecule has 1 atom stereocenters. The number of aromatic nitrogens is 3. The summed E-state index contributed by atoms with van der Waals surface area (Å²) < 4.78 is 0. The first kappa shape index (κ1) is 12.7. The van der Waals surface area contributed by atoms with Crippen molar-refractivity contribution in [2.75, 3.05) is 0 Å². The van der Waals surface area contributed by atoms with Gasteiger partial charge >= 0.3 is 5.97 Å². The van der Waals surface area contributed by atoms with E-state index in [2.05, 4.69) is 20.7 Å². The van der Waals surface area contributed by atoms with E-state index in [0.717, 1.165) is 5.56 Å². The molecule has 1 aromatic carbocycles. The van der Waals surface area contributed by atoms with Crippen molar-refractivity contribution in [3.05, 3.63) is 47.8 Å². The molecule has 0 saturated carbocycles. The van der Waals surface area contributed by atoms with Gasteiger partial charge in [0.15, 0.2) is 5.69 Å². The average molecular weight is 260 g/mol. The number of carboxylic acids is 1. The lowest BCUT2D eigenvalue weighted by Crippen LogP contribution is -2.42. The topological polar surface area (TPSA) is 108 Å². The van der Waals surface area contributed by atoms with Gasteiger partial charge in [0.25, 0.3) is 5.91 Å². The number of hydrogen-bond donors (Lipinski definition) is 3. The highest BCUT2D eigenvalue weighted by Gasteiger charge is 2.22. The number of aromatic amines is 1. The molecule has 0 bridgehead atoms. The van der Waals surface area contributed by atoms with E-state index < -0.39 is 17.9 Å². The molecule has 7 heteroatoms. The fourth-order valence-corrected chi connectivity index (χ4v) is 1.59. The van der Waals surface area contributed by atoms with Gasteiger partial charge < -0.3 is 10.4 Å². The maximum Gasteiger partial charge on any atom is 0.326 e. The maximum absolute atomic E-state index is 11.7. The minimum absolute atomic E-state index is 0.0549. The van der Waals surface area contributed by atoms with E-state index in [-0.39, 0.29) is 12.1 Å². The third-order valence-electron chi connectivity index (χ3n) is 2.53. The van der Waals surface area contributed by atoms with Gasteiger partial charge in [-0.2, -0.15) is 15.4 Å². The molecule has 0 aliphatic carbocycles. The molecule has 0 fully saturated rings. The number of nitrogens with zero attached hydrogens (tertiary/aromatic N) is 2. The summed E-state index contributed by atoms with van der Waals surface area (Å²) in [7, 11) is 0. The van der Waals surface area contributed by atoms with E-state index in [4.69, 9.17) is 5.11 Å². The molecule has 3 N–H and O–H groups in total. The number of rotatable bonds is 5. The summed E-state index contributed by atoms with van der Waals surface area (Å²) in [5.41, 5.74) is 0.884. The molecule has 0 radical (unpaired) electrons. The van der Waals surface area contributed by atoms with Crippen molar-refractivity contribution in [2.24, 2.45) is 0 Å². The average Bonchev–Trinajstić information content (AvgIpc) is 2.93. The molecular formula is C12H12N4O3. The standard InChI is InChI=1S/C12H12N4O3/c17-11(10-7-13-16-15-10)14-9(12(18)19)6-8-4-2-1-3-5-8/h1-5,7,9H,6H2,(H,14,17)(H,18,19)(H,13,15,16)/t9-/m1/s1. The molecule has 19 heavy (non-hydrogen) atoms. The van der Waals surface area contributed by atoms with Gasteiger partial charge in [-0.25, -0.2) is 4.79 Å². The van der Waals surface area contributed by atoms with E-state index >= 15 is 0 Å². The largest absolute Gasteiger partial charge is 0.480 e. The molecule has 0 aliphatic rings. The van der Waals surface area contributed by atoms with Crippen LogP contribution in [0.15, 0.2) is 36.5 Å². The van der Waals surface area contributed by atoms with Gasteiger partial charge in [0.2, 0.25) is 0 Å². The Morgan fingerprint density at radius 2 is 2.05 bits per heavy atom. The highest BCUT2D eigenvalue weighted by molar-refractivity contribution is 5.94. The molecule has 0 saturated heterocycles. The van der Waals surface area contributed by atoms with Crippen LogP contribution >= 0.6 is 0 Å². The minimum Gasteiger partial charge on any atom is -0.480 e. The van der Waals surface area contributed by atoms with Crippen molar-refractivity contribution >= 4 is 11.9 Å². The second kappa shape index (κ2) is 5.76. The monoisotopic (exact) mass is 260 g/mol. The predicted molar refractivity (Wildman–Crippen MR) is 65.4 cm³/mol. The lowest BCUT2D eigenvalue weighted by molar-refractivity contribution is -0.139. The zero-order valence-corrected chi connectivity index (χ0v) is 9.91. The van der Waals surface area contributed by atoms with Crippen molar-refractivity contribution in [1.29, 1.82) is 0 Å². The van der Waals surface area contributed by atoms with Crippen LogP contribution in [0.2, 0.25) is 0 Å². The molecule has 1 amide bonds. The van der Waals surface area contributed by atoms with Crippen LogP contribution < -0.4 is 5.32 Å². The molecule has 2 aromatic rings. The Balaban J connectivity index is 2.05. The molecule has 7 nitrogen and oxygen atoms in total. The predicted octanol–water partition coefficient (Wildman–Crippen LogP) is 0.230. The molecule has 0 unspecified atom stereocenters. The Hall–Kier alpha value is -2.70. The van der Waals surface area contributed by atoms with Crippen molar-refractivity contribution in [1.82, 2.24) is 20.7 Å². The van der Waals surface area contributed by atoms with E-state index in [0.29, 0.717) is 0 Å². The van der Waals surface area contributed by atoms with Crippen LogP contribution in [0.1, 0.15) is 16.1 Å². The van der Waals surface area contributed by atoms with Crippen LogP contribution in [0, 0.1) is 0 Å². The summed E-state index contributed by atoms with van der Waals surface area (Å²) in [5, 5.41) is 20.9. The third-order valence-corrected chi connectivity index (χ3v) is 2.53. The molecule has 1 aromatic heterocycles. The van der Waals surface area contributed by atoms with E-state index in [1.54, 1.807) is 12.1 Å². The molecular weight excluding hydrogens is 248 g/mol. The quantitative estimate of drug-likeness (QED) is 0.713. The molecule has 0 spiro atoms. The van der Waals surface area contributed by atoms with Crippen molar-refractivity contribution in [3.63, 3.8) is 0 Å². The number of carboxylic acid groups (broad SMARTS) is 1. The fraction of sp³-hybridized carbons (Fsp3) is 0.167. The van der Waals surface area contributed by atoms with Gasteiger partial charge in [-0.05, 0) is 5.56 Å². The van der Waals surface area contributed by atoms with Gasteiger partial charge in [0.1, 0.15) is 6.04 Å². The zero-order chi connectivity index (χ0) is 13.7. The van der Waals surface area contributed by atoms with E-state index in [9.17, 15) is 9.59 Å². The fourth-order valence-electron chi connectivity index (χ4n) is 1.59. The van der Waals surface area contributed by atoms with E-state index in [1.165, 1.54) is 6.20 Å². The molecule has 2 rings (SSSR count). The van der Waals surface area contributed by atoms with Crippen molar-refractivity contribution < 1.29 is 14.7 Å². The Morgan fingerprint density at radius 1 is 1.32 bits per heavy atom. The summed E-state index contributed by atoms with van der Waals surface area (Å²) in [4.78, 5) is 22.9. The van der Waals surface area contributed by atoms with Crippen LogP contribution in [-0.4, -0.2) is 38.4 Å². The first-order chi connectivity index (χ1) is 9.16. The highest BCUT2D eigenvalue weighted by Crippen LogP contribution is 2.04. The number of benzene rings is 1. The molecule has 0 aliphatic heterocycles. The third kappa shape index (κ3) is 3.38. The lowest BCUT2D eigenvalue weighted by Gasteiger charge is -2.13. The number of aliphatic carboxylic acids is 1. The van der Waals surface area contributed by atoms with Crippen LogP contribution in [0.5, 0.6) is 0 Å². The Bertz CT molecular complexity index is 554. The highest BCUT2D eigenvalue weighted by atomic mass is 16.4. The Kier molecular flexibility index (Phi) is 3.87. The minimum atomic E-state index is -1.10.